The van der Waals surface area contributed by atoms with Crippen molar-refractivity contribution < 1.29 is 13.2 Å². The monoisotopic (exact) mass is 385 g/mol. The van der Waals surface area contributed by atoms with Crippen molar-refractivity contribution in [2.45, 2.75) is 38.1 Å². The van der Waals surface area contributed by atoms with E-state index in [2.05, 4.69) is 5.32 Å². The quantitative estimate of drug-likeness (QED) is 0.830. The highest BCUT2D eigenvalue weighted by molar-refractivity contribution is 7.93. The summed E-state index contributed by atoms with van der Waals surface area (Å²) in [7, 11) is -3.26. The van der Waals surface area contributed by atoms with Crippen LogP contribution in [0.25, 0.3) is 0 Å². The number of carbonyl (C=O) groups excluding carboxylic acids is 1. The maximum Gasteiger partial charge on any atom is 0.253 e. The predicted molar refractivity (Wildman–Crippen MR) is 99.5 cm³/mol. The summed E-state index contributed by atoms with van der Waals surface area (Å²) >= 11 is 6.28. The largest absolute Gasteiger partial charge is 0.349 e. The summed E-state index contributed by atoms with van der Waals surface area (Å²) in [5.74, 6) is 0.214. The summed E-state index contributed by atoms with van der Waals surface area (Å²) in [5.41, 5.74) is 6.69. The first kappa shape index (κ1) is 18.5. The molecule has 2 atom stereocenters. The molecule has 25 heavy (non-hydrogen) atoms. The smallest absolute Gasteiger partial charge is 0.253 e. The number of hydrogen-bond acceptors (Lipinski definition) is 4. The SMILES string of the molecule is NCC1CCCCC1NC(=O)c1ccc(N2CCCS2(=O)=O)cc1Cl. The lowest BCUT2D eigenvalue weighted by Crippen LogP contribution is -2.44. The van der Waals surface area contributed by atoms with Crippen LogP contribution in [0.15, 0.2) is 18.2 Å². The number of sulfonamides is 1. The fourth-order valence-electron chi connectivity index (χ4n) is 3.70. The number of nitrogens with one attached hydrogen (secondary N) is 1. The molecule has 0 spiro atoms. The number of amides is 1. The van der Waals surface area contributed by atoms with Gasteiger partial charge in [0.2, 0.25) is 10.0 Å². The molecule has 1 aromatic rings. The third kappa shape index (κ3) is 3.93. The van der Waals surface area contributed by atoms with Crippen LogP contribution in [-0.4, -0.2) is 39.2 Å². The first-order valence-electron chi connectivity index (χ1n) is 8.73. The Labute approximate surface area is 153 Å². The summed E-state index contributed by atoms with van der Waals surface area (Å²) in [6.45, 7) is 1.01. The Bertz CT molecular complexity index is 754. The molecule has 1 saturated heterocycles. The molecule has 1 heterocycles. The Kier molecular flexibility index (Phi) is 5.55. The molecule has 1 amide bonds. The highest BCUT2D eigenvalue weighted by Gasteiger charge is 2.30. The molecule has 3 N–H and O–H groups in total. The molecule has 1 aromatic carbocycles. The van der Waals surface area contributed by atoms with E-state index in [9.17, 15) is 13.2 Å². The fourth-order valence-corrected chi connectivity index (χ4v) is 5.52. The molecule has 3 rings (SSSR count). The lowest BCUT2D eigenvalue weighted by Gasteiger charge is -2.31. The molecule has 1 saturated carbocycles. The summed E-state index contributed by atoms with van der Waals surface area (Å²) in [5, 5.41) is 3.31. The van der Waals surface area contributed by atoms with Gasteiger partial charge in [0.05, 0.1) is 22.0 Å². The zero-order chi connectivity index (χ0) is 18.0. The molecule has 2 aliphatic rings. The van der Waals surface area contributed by atoms with Crippen molar-refractivity contribution in [2.75, 3.05) is 23.1 Å². The summed E-state index contributed by atoms with van der Waals surface area (Å²) < 4.78 is 25.4. The molecular formula is C17H24ClN3O3S. The van der Waals surface area contributed by atoms with Crippen LogP contribution in [0.3, 0.4) is 0 Å². The third-order valence-electron chi connectivity index (χ3n) is 5.11. The normalized spacial score (nSPS) is 25.8. The van der Waals surface area contributed by atoms with Crippen molar-refractivity contribution in [3.63, 3.8) is 0 Å². The molecule has 2 fully saturated rings. The highest BCUT2D eigenvalue weighted by Crippen LogP contribution is 2.29. The highest BCUT2D eigenvalue weighted by atomic mass is 35.5. The van der Waals surface area contributed by atoms with Crippen molar-refractivity contribution in [2.24, 2.45) is 11.7 Å². The van der Waals surface area contributed by atoms with Crippen LogP contribution >= 0.6 is 11.6 Å². The van der Waals surface area contributed by atoms with Crippen LogP contribution in [-0.2, 0) is 10.0 Å². The standard InChI is InChI=1S/C17H24ClN3O3S/c18-15-10-13(21-8-3-9-25(21,23)24)6-7-14(15)17(22)20-16-5-2-1-4-12(16)11-19/h6-7,10,12,16H,1-5,8-9,11,19H2,(H,20,22). The van der Waals surface area contributed by atoms with Crippen molar-refractivity contribution >= 4 is 33.2 Å². The van der Waals surface area contributed by atoms with Crippen LogP contribution in [0.2, 0.25) is 5.02 Å². The molecule has 0 aromatic heterocycles. The fraction of sp³-hybridized carbons (Fsp3) is 0.588. The van der Waals surface area contributed by atoms with E-state index in [1.807, 2.05) is 0 Å². The van der Waals surface area contributed by atoms with E-state index >= 15 is 0 Å². The summed E-state index contributed by atoms with van der Waals surface area (Å²) in [6.07, 6.45) is 4.79. The second kappa shape index (κ2) is 7.51. The van der Waals surface area contributed by atoms with E-state index in [0.29, 0.717) is 36.7 Å². The average molecular weight is 386 g/mol. The van der Waals surface area contributed by atoms with Crippen LogP contribution in [0.5, 0.6) is 0 Å². The lowest BCUT2D eigenvalue weighted by atomic mass is 9.84. The van der Waals surface area contributed by atoms with E-state index < -0.39 is 10.0 Å². The Morgan fingerprint density at radius 2 is 2.04 bits per heavy atom. The van der Waals surface area contributed by atoms with Gasteiger partial charge in [0.15, 0.2) is 0 Å². The molecule has 138 valence electrons. The Hall–Kier alpha value is -1.31. The second-order valence-electron chi connectivity index (χ2n) is 6.77. The molecule has 2 unspecified atom stereocenters. The van der Waals surface area contributed by atoms with Crippen LogP contribution in [0.4, 0.5) is 5.69 Å². The molecule has 1 aliphatic heterocycles. The minimum atomic E-state index is -3.26. The molecule has 6 nitrogen and oxygen atoms in total. The van der Waals surface area contributed by atoms with Gasteiger partial charge in [0.1, 0.15) is 0 Å². The zero-order valence-electron chi connectivity index (χ0n) is 14.1. The molecule has 1 aliphatic carbocycles. The van der Waals surface area contributed by atoms with Gasteiger partial charge in [0, 0.05) is 12.6 Å². The molecule has 0 radical (unpaired) electrons. The third-order valence-corrected chi connectivity index (χ3v) is 7.30. The van der Waals surface area contributed by atoms with Crippen LogP contribution in [0.1, 0.15) is 42.5 Å². The van der Waals surface area contributed by atoms with Gasteiger partial charge in [-0.1, -0.05) is 24.4 Å². The van der Waals surface area contributed by atoms with E-state index in [1.165, 1.54) is 4.31 Å². The Morgan fingerprint density at radius 1 is 1.28 bits per heavy atom. The van der Waals surface area contributed by atoms with E-state index in [1.54, 1.807) is 18.2 Å². The number of nitrogens with zero attached hydrogens (tertiary/aromatic N) is 1. The van der Waals surface area contributed by atoms with Crippen molar-refractivity contribution in [1.29, 1.82) is 0 Å². The Morgan fingerprint density at radius 3 is 2.68 bits per heavy atom. The Balaban J connectivity index is 1.75. The topological polar surface area (TPSA) is 92.5 Å². The predicted octanol–water partition coefficient (Wildman–Crippen LogP) is 2.13. The van der Waals surface area contributed by atoms with Gasteiger partial charge in [-0.15, -0.1) is 0 Å². The van der Waals surface area contributed by atoms with Gasteiger partial charge in [-0.2, -0.15) is 0 Å². The number of nitrogens with two attached hydrogens (primary N) is 1. The second-order valence-corrected chi connectivity index (χ2v) is 9.19. The van der Waals surface area contributed by atoms with Crippen molar-refractivity contribution in [3.05, 3.63) is 28.8 Å². The number of carbonyl (C=O) groups is 1. The van der Waals surface area contributed by atoms with Gasteiger partial charge >= 0.3 is 0 Å². The van der Waals surface area contributed by atoms with Gasteiger partial charge in [-0.05, 0) is 49.9 Å². The molecule has 0 bridgehead atoms. The van der Waals surface area contributed by atoms with E-state index in [4.69, 9.17) is 17.3 Å². The molecular weight excluding hydrogens is 362 g/mol. The first-order chi connectivity index (χ1) is 11.9. The first-order valence-corrected chi connectivity index (χ1v) is 10.7. The van der Waals surface area contributed by atoms with Crippen LogP contribution in [0, 0.1) is 5.92 Å². The van der Waals surface area contributed by atoms with Crippen molar-refractivity contribution in [1.82, 2.24) is 5.32 Å². The van der Waals surface area contributed by atoms with E-state index in [0.717, 1.165) is 25.7 Å². The van der Waals surface area contributed by atoms with Crippen LogP contribution < -0.4 is 15.4 Å². The number of halogens is 1. The van der Waals surface area contributed by atoms with Gasteiger partial charge < -0.3 is 11.1 Å². The van der Waals surface area contributed by atoms with Crippen molar-refractivity contribution in [3.8, 4) is 0 Å². The maximum absolute atomic E-state index is 12.6. The maximum atomic E-state index is 12.6. The van der Waals surface area contributed by atoms with Gasteiger partial charge in [-0.25, -0.2) is 8.42 Å². The minimum Gasteiger partial charge on any atom is -0.349 e. The van der Waals surface area contributed by atoms with Gasteiger partial charge in [-0.3, -0.25) is 9.10 Å². The number of anilines is 1. The van der Waals surface area contributed by atoms with Gasteiger partial charge in [0.25, 0.3) is 5.91 Å². The minimum absolute atomic E-state index is 0.0703. The number of benzene rings is 1. The number of rotatable bonds is 4. The average Bonchev–Trinajstić information content (AvgIpc) is 2.94. The summed E-state index contributed by atoms with van der Waals surface area (Å²) in [6, 6.07) is 4.87. The number of hydrogen-bond donors (Lipinski definition) is 2. The molecule has 8 heteroatoms. The zero-order valence-corrected chi connectivity index (χ0v) is 15.7. The van der Waals surface area contributed by atoms with E-state index in [-0.39, 0.29) is 22.7 Å². The summed E-state index contributed by atoms with van der Waals surface area (Å²) in [4.78, 5) is 12.6. The lowest BCUT2D eigenvalue weighted by molar-refractivity contribution is 0.0908.